The summed E-state index contributed by atoms with van der Waals surface area (Å²) in [4.78, 5) is 0. The monoisotopic (exact) mass is 419 g/mol. The number of benzene rings is 1. The summed E-state index contributed by atoms with van der Waals surface area (Å²) in [6.45, 7) is 10.4. The fourth-order valence-corrected chi connectivity index (χ4v) is 3.73. The van der Waals surface area contributed by atoms with E-state index in [0.29, 0.717) is 12.6 Å². The molecular weight excluding hydrogens is 394 g/mol. The second-order valence-corrected chi connectivity index (χ2v) is 7.64. The topological polar surface area (TPSA) is 21.3 Å². The lowest BCUT2D eigenvalue weighted by Gasteiger charge is -2.16. The van der Waals surface area contributed by atoms with E-state index < -0.39 is 0 Å². The van der Waals surface area contributed by atoms with Crippen LogP contribution < -0.4 is 10.1 Å². The summed E-state index contributed by atoms with van der Waals surface area (Å²) in [7, 11) is 0. The quantitative estimate of drug-likeness (QED) is 0.535. The standard InChI is InChI=1S/C17H27Br2NO/c1-5-21-17-15(18)9-14(10-16(17)19)11-20-13(4)8-6-7-12(2)3/h9-10,12-13,20H,5-8,11H2,1-4H3. The smallest absolute Gasteiger partial charge is 0.147 e. The minimum absolute atomic E-state index is 0.549. The molecule has 1 N–H and O–H groups in total. The molecule has 0 aliphatic heterocycles. The van der Waals surface area contributed by atoms with Gasteiger partial charge in [0, 0.05) is 12.6 Å². The van der Waals surface area contributed by atoms with Gasteiger partial charge in [-0.2, -0.15) is 0 Å². The van der Waals surface area contributed by atoms with E-state index in [1.54, 1.807) is 0 Å². The van der Waals surface area contributed by atoms with Crippen molar-refractivity contribution in [3.63, 3.8) is 0 Å². The summed E-state index contributed by atoms with van der Waals surface area (Å²) in [6.07, 6.45) is 3.84. The van der Waals surface area contributed by atoms with Gasteiger partial charge < -0.3 is 10.1 Å². The fraction of sp³-hybridized carbons (Fsp3) is 0.647. The zero-order valence-corrected chi connectivity index (χ0v) is 16.7. The molecule has 1 unspecified atom stereocenters. The van der Waals surface area contributed by atoms with Gasteiger partial charge in [0.1, 0.15) is 5.75 Å². The number of halogens is 2. The molecule has 0 fully saturated rings. The predicted octanol–water partition coefficient (Wildman–Crippen LogP) is 5.91. The van der Waals surface area contributed by atoms with Gasteiger partial charge in [-0.1, -0.05) is 26.7 Å². The first kappa shape index (κ1) is 19.0. The Morgan fingerprint density at radius 3 is 2.24 bits per heavy atom. The van der Waals surface area contributed by atoms with Gasteiger partial charge in [-0.3, -0.25) is 0 Å². The van der Waals surface area contributed by atoms with Gasteiger partial charge in [0.25, 0.3) is 0 Å². The molecule has 0 aromatic heterocycles. The molecule has 0 aliphatic rings. The van der Waals surface area contributed by atoms with Crippen molar-refractivity contribution in [3.8, 4) is 5.75 Å². The van der Waals surface area contributed by atoms with Crippen molar-refractivity contribution in [2.75, 3.05) is 6.61 Å². The minimum Gasteiger partial charge on any atom is -0.492 e. The number of rotatable bonds is 9. The van der Waals surface area contributed by atoms with Gasteiger partial charge in [0.2, 0.25) is 0 Å². The highest BCUT2D eigenvalue weighted by Crippen LogP contribution is 2.34. The van der Waals surface area contributed by atoms with Crippen LogP contribution in [0.2, 0.25) is 0 Å². The third-order valence-corrected chi connectivity index (χ3v) is 4.60. The van der Waals surface area contributed by atoms with Crippen LogP contribution >= 0.6 is 31.9 Å². The van der Waals surface area contributed by atoms with Crippen molar-refractivity contribution in [3.05, 3.63) is 26.6 Å². The molecule has 1 aromatic carbocycles. The molecule has 1 atom stereocenters. The Hall–Kier alpha value is -0.0600. The lowest BCUT2D eigenvalue weighted by molar-refractivity contribution is 0.336. The normalized spacial score (nSPS) is 12.7. The predicted molar refractivity (Wildman–Crippen MR) is 98.0 cm³/mol. The third kappa shape index (κ3) is 7.16. The molecule has 0 bridgehead atoms. The molecule has 0 heterocycles. The largest absolute Gasteiger partial charge is 0.492 e. The zero-order valence-electron chi connectivity index (χ0n) is 13.5. The van der Waals surface area contributed by atoms with E-state index in [1.165, 1.54) is 24.8 Å². The number of hydrogen-bond donors (Lipinski definition) is 1. The number of nitrogens with one attached hydrogen (secondary N) is 1. The summed E-state index contributed by atoms with van der Waals surface area (Å²) in [5, 5.41) is 3.60. The molecule has 4 heteroatoms. The summed E-state index contributed by atoms with van der Waals surface area (Å²) in [5.41, 5.74) is 1.26. The molecular formula is C17H27Br2NO. The minimum atomic E-state index is 0.549. The van der Waals surface area contributed by atoms with E-state index >= 15 is 0 Å². The van der Waals surface area contributed by atoms with Crippen LogP contribution in [-0.4, -0.2) is 12.6 Å². The van der Waals surface area contributed by atoms with Crippen molar-refractivity contribution in [1.82, 2.24) is 5.32 Å². The maximum absolute atomic E-state index is 5.61. The van der Waals surface area contributed by atoms with Crippen LogP contribution in [-0.2, 0) is 6.54 Å². The summed E-state index contributed by atoms with van der Waals surface area (Å²) in [5.74, 6) is 1.68. The van der Waals surface area contributed by atoms with E-state index in [2.05, 4.69) is 70.1 Å². The number of ether oxygens (including phenoxy) is 1. The first-order valence-corrected chi connectivity index (χ1v) is 9.36. The van der Waals surface area contributed by atoms with Crippen molar-refractivity contribution in [2.24, 2.45) is 5.92 Å². The van der Waals surface area contributed by atoms with Crippen LogP contribution in [0, 0.1) is 5.92 Å². The molecule has 0 aliphatic carbocycles. The lowest BCUT2D eigenvalue weighted by Crippen LogP contribution is -2.25. The van der Waals surface area contributed by atoms with E-state index in [4.69, 9.17) is 4.74 Å². The molecule has 120 valence electrons. The highest BCUT2D eigenvalue weighted by Gasteiger charge is 2.09. The van der Waals surface area contributed by atoms with E-state index in [-0.39, 0.29) is 0 Å². The maximum Gasteiger partial charge on any atom is 0.147 e. The van der Waals surface area contributed by atoms with Crippen LogP contribution in [0.1, 0.15) is 52.5 Å². The molecule has 0 saturated heterocycles. The second kappa shape index (κ2) is 9.86. The van der Waals surface area contributed by atoms with Crippen LogP contribution in [0.5, 0.6) is 5.75 Å². The molecule has 1 aromatic rings. The molecule has 0 radical (unpaired) electrons. The van der Waals surface area contributed by atoms with Crippen molar-refractivity contribution < 1.29 is 4.74 Å². The highest BCUT2D eigenvalue weighted by molar-refractivity contribution is 9.11. The lowest BCUT2D eigenvalue weighted by atomic mass is 10.0. The van der Waals surface area contributed by atoms with Crippen LogP contribution in [0.4, 0.5) is 0 Å². The van der Waals surface area contributed by atoms with Gasteiger partial charge in [-0.05, 0) is 75.7 Å². The Morgan fingerprint density at radius 1 is 1.10 bits per heavy atom. The van der Waals surface area contributed by atoms with E-state index in [0.717, 1.165) is 27.2 Å². The summed E-state index contributed by atoms with van der Waals surface area (Å²) in [6, 6.07) is 4.81. The first-order chi connectivity index (χ1) is 9.93. The Morgan fingerprint density at radius 2 is 1.71 bits per heavy atom. The molecule has 2 nitrogen and oxygen atoms in total. The van der Waals surface area contributed by atoms with Gasteiger partial charge >= 0.3 is 0 Å². The van der Waals surface area contributed by atoms with Crippen molar-refractivity contribution >= 4 is 31.9 Å². The molecule has 0 saturated carbocycles. The van der Waals surface area contributed by atoms with Gasteiger partial charge in [-0.15, -0.1) is 0 Å². The Balaban J connectivity index is 2.48. The van der Waals surface area contributed by atoms with Crippen molar-refractivity contribution in [2.45, 2.75) is 59.5 Å². The summed E-state index contributed by atoms with van der Waals surface area (Å²) < 4.78 is 7.61. The highest BCUT2D eigenvalue weighted by atomic mass is 79.9. The molecule has 0 amide bonds. The van der Waals surface area contributed by atoms with Gasteiger partial charge in [-0.25, -0.2) is 0 Å². The van der Waals surface area contributed by atoms with Crippen LogP contribution in [0.3, 0.4) is 0 Å². The van der Waals surface area contributed by atoms with Gasteiger partial charge in [0.15, 0.2) is 0 Å². The van der Waals surface area contributed by atoms with E-state index in [9.17, 15) is 0 Å². The Bertz CT molecular complexity index is 412. The van der Waals surface area contributed by atoms with Crippen molar-refractivity contribution in [1.29, 1.82) is 0 Å². The fourth-order valence-electron chi connectivity index (χ4n) is 2.22. The van der Waals surface area contributed by atoms with Gasteiger partial charge in [0.05, 0.1) is 15.6 Å². The molecule has 21 heavy (non-hydrogen) atoms. The first-order valence-electron chi connectivity index (χ1n) is 7.78. The SMILES string of the molecule is CCOc1c(Br)cc(CNC(C)CCCC(C)C)cc1Br. The second-order valence-electron chi connectivity index (χ2n) is 5.93. The summed E-state index contributed by atoms with van der Waals surface area (Å²) >= 11 is 7.16. The number of hydrogen-bond acceptors (Lipinski definition) is 2. The Labute approximate surface area is 146 Å². The average Bonchev–Trinajstić information content (AvgIpc) is 2.40. The average molecular weight is 421 g/mol. The zero-order chi connectivity index (χ0) is 15.8. The third-order valence-electron chi connectivity index (χ3n) is 3.42. The van der Waals surface area contributed by atoms with Crippen LogP contribution in [0.15, 0.2) is 21.1 Å². The molecule has 1 rings (SSSR count). The molecule has 0 spiro atoms. The van der Waals surface area contributed by atoms with Crippen LogP contribution in [0.25, 0.3) is 0 Å². The van der Waals surface area contributed by atoms with E-state index in [1.807, 2.05) is 6.92 Å². The maximum atomic E-state index is 5.61. The Kier molecular flexibility index (Phi) is 8.91.